The molecule has 0 radical (unpaired) electrons. The zero-order valence-electron chi connectivity index (χ0n) is 8.88. The summed E-state index contributed by atoms with van der Waals surface area (Å²) in [5.41, 5.74) is 0. The molecule has 0 amide bonds. The average molecular weight is 218 g/mol. The Morgan fingerprint density at radius 3 is 2.21 bits per heavy atom. The fourth-order valence-electron chi connectivity index (χ4n) is 1.00. The number of ether oxygens (including phenoxy) is 2. The van der Waals surface area contributed by atoms with Gasteiger partial charge in [0.15, 0.2) is 5.05 Å². The first-order chi connectivity index (χ1) is 6.70. The lowest BCUT2D eigenvalue weighted by molar-refractivity contribution is -0.143. The van der Waals surface area contributed by atoms with Crippen LogP contribution in [0.3, 0.4) is 0 Å². The summed E-state index contributed by atoms with van der Waals surface area (Å²) in [5.74, 6) is -0.130. The molecule has 0 atom stereocenters. The van der Waals surface area contributed by atoms with Crippen LogP contribution in [0.1, 0.15) is 39.5 Å². The molecule has 82 valence electrons. The first-order valence-corrected chi connectivity index (χ1v) is 5.42. The fourth-order valence-corrected chi connectivity index (χ4v) is 1.27. The molecule has 0 aromatic heterocycles. The molecule has 0 heterocycles. The Kier molecular flexibility index (Phi) is 8.53. The molecule has 0 spiro atoms. The number of carbonyl (C=O) groups excluding carboxylic acids is 1. The Labute approximate surface area is 90.8 Å². The highest BCUT2D eigenvalue weighted by atomic mass is 32.1. The highest BCUT2D eigenvalue weighted by Gasteiger charge is 2.02. The van der Waals surface area contributed by atoms with E-state index >= 15 is 0 Å². The zero-order valence-corrected chi connectivity index (χ0v) is 9.69. The van der Waals surface area contributed by atoms with Crippen molar-refractivity contribution in [2.75, 3.05) is 13.2 Å². The van der Waals surface area contributed by atoms with Crippen LogP contribution in [0.15, 0.2) is 0 Å². The summed E-state index contributed by atoms with van der Waals surface area (Å²) in [6, 6.07) is 0. The summed E-state index contributed by atoms with van der Waals surface area (Å²) in [5, 5.41) is 0.636. The van der Waals surface area contributed by atoms with Gasteiger partial charge in [-0.2, -0.15) is 0 Å². The van der Waals surface area contributed by atoms with Crippen LogP contribution < -0.4 is 0 Å². The van der Waals surface area contributed by atoms with Crippen molar-refractivity contribution in [3.63, 3.8) is 0 Å². The van der Waals surface area contributed by atoms with Crippen LogP contribution in [0.5, 0.6) is 0 Å². The summed E-state index contributed by atoms with van der Waals surface area (Å²) in [4.78, 5) is 10.9. The van der Waals surface area contributed by atoms with Crippen molar-refractivity contribution in [2.45, 2.75) is 39.5 Å². The third kappa shape index (κ3) is 7.98. The fraction of sp³-hybridized carbons (Fsp3) is 0.800. The van der Waals surface area contributed by atoms with E-state index in [2.05, 4.69) is 0 Å². The van der Waals surface area contributed by atoms with Crippen LogP contribution in [0, 0.1) is 0 Å². The topological polar surface area (TPSA) is 35.5 Å². The lowest BCUT2D eigenvalue weighted by Gasteiger charge is -2.04. The lowest BCUT2D eigenvalue weighted by atomic mass is 10.2. The number of thiocarbonyl (C=S) groups is 1. The van der Waals surface area contributed by atoms with Gasteiger partial charge in [-0.1, -0.05) is 0 Å². The number of hydrogen-bond donors (Lipinski definition) is 0. The minimum absolute atomic E-state index is 0.130. The van der Waals surface area contributed by atoms with Gasteiger partial charge in [-0.3, -0.25) is 4.79 Å². The van der Waals surface area contributed by atoms with Crippen molar-refractivity contribution in [2.24, 2.45) is 0 Å². The largest absolute Gasteiger partial charge is 0.487 e. The molecule has 0 aromatic carbocycles. The van der Waals surface area contributed by atoms with E-state index in [-0.39, 0.29) is 5.97 Å². The van der Waals surface area contributed by atoms with Crippen LogP contribution >= 0.6 is 12.2 Å². The number of unbranched alkanes of at least 4 members (excludes halogenated alkanes) is 1. The van der Waals surface area contributed by atoms with Crippen LogP contribution in [0.25, 0.3) is 0 Å². The molecule has 0 saturated carbocycles. The Bertz CT molecular complexity index is 160. The molecule has 14 heavy (non-hydrogen) atoms. The Morgan fingerprint density at radius 2 is 1.64 bits per heavy atom. The summed E-state index contributed by atoms with van der Waals surface area (Å²) in [7, 11) is 0. The monoisotopic (exact) mass is 218 g/mol. The highest BCUT2D eigenvalue weighted by Crippen LogP contribution is 2.03. The van der Waals surface area contributed by atoms with Crippen LogP contribution in [-0.4, -0.2) is 24.2 Å². The van der Waals surface area contributed by atoms with Gasteiger partial charge in [0, 0.05) is 12.8 Å². The molecule has 0 saturated heterocycles. The third-order valence-corrected chi connectivity index (χ3v) is 1.94. The number of esters is 1. The molecule has 0 aliphatic rings. The second kappa shape index (κ2) is 8.94. The van der Waals surface area contributed by atoms with Gasteiger partial charge in [-0.05, 0) is 38.9 Å². The van der Waals surface area contributed by atoms with Crippen molar-refractivity contribution >= 4 is 23.2 Å². The first kappa shape index (κ1) is 13.4. The van der Waals surface area contributed by atoms with E-state index in [1.807, 2.05) is 13.8 Å². The highest BCUT2D eigenvalue weighted by molar-refractivity contribution is 7.80. The molecule has 0 aliphatic carbocycles. The molecular formula is C10H18O3S. The minimum atomic E-state index is -0.130. The smallest absolute Gasteiger partial charge is 0.305 e. The van der Waals surface area contributed by atoms with E-state index < -0.39 is 0 Å². The molecule has 0 aliphatic heterocycles. The van der Waals surface area contributed by atoms with Gasteiger partial charge in [0.25, 0.3) is 0 Å². The average Bonchev–Trinajstić information content (AvgIpc) is 2.13. The number of hydrogen-bond acceptors (Lipinski definition) is 4. The summed E-state index contributed by atoms with van der Waals surface area (Å²) < 4.78 is 9.91. The van der Waals surface area contributed by atoms with Gasteiger partial charge in [0.1, 0.15) is 0 Å². The second-order valence-corrected chi connectivity index (χ2v) is 3.27. The summed E-state index contributed by atoms with van der Waals surface area (Å²) in [6.45, 7) is 4.79. The second-order valence-electron chi connectivity index (χ2n) is 2.82. The first-order valence-electron chi connectivity index (χ1n) is 5.02. The standard InChI is InChI=1S/C10H18O3S/c1-3-12-9(11)7-5-6-8-10(14)13-4-2/h3-8H2,1-2H3. The van der Waals surface area contributed by atoms with E-state index in [1.54, 1.807) is 0 Å². The normalized spacial score (nSPS) is 9.57. The Balaban J connectivity index is 3.28. The van der Waals surface area contributed by atoms with Gasteiger partial charge in [-0.25, -0.2) is 0 Å². The van der Waals surface area contributed by atoms with Gasteiger partial charge in [-0.15, -0.1) is 0 Å². The molecular weight excluding hydrogens is 200 g/mol. The maximum Gasteiger partial charge on any atom is 0.305 e. The number of rotatable bonds is 7. The van der Waals surface area contributed by atoms with Crippen molar-refractivity contribution in [3.05, 3.63) is 0 Å². The molecule has 0 unspecified atom stereocenters. The van der Waals surface area contributed by atoms with E-state index in [1.165, 1.54) is 0 Å². The molecule has 0 fully saturated rings. The number of carbonyl (C=O) groups is 1. The molecule has 0 rings (SSSR count). The molecule has 0 N–H and O–H groups in total. The van der Waals surface area contributed by atoms with Gasteiger partial charge in [0.05, 0.1) is 13.2 Å². The van der Waals surface area contributed by atoms with E-state index in [9.17, 15) is 4.79 Å². The van der Waals surface area contributed by atoms with Gasteiger partial charge in [0.2, 0.25) is 0 Å². The van der Waals surface area contributed by atoms with Crippen molar-refractivity contribution in [1.29, 1.82) is 0 Å². The van der Waals surface area contributed by atoms with Gasteiger partial charge >= 0.3 is 5.97 Å². The molecule has 3 nitrogen and oxygen atoms in total. The maximum absolute atomic E-state index is 10.9. The SMILES string of the molecule is CCOC(=O)CCCCC(=S)OCC. The molecule has 0 bridgehead atoms. The maximum atomic E-state index is 10.9. The minimum Gasteiger partial charge on any atom is -0.487 e. The predicted molar refractivity (Wildman–Crippen MR) is 59.3 cm³/mol. The van der Waals surface area contributed by atoms with Crippen molar-refractivity contribution in [3.8, 4) is 0 Å². The Hall–Kier alpha value is -0.640. The summed E-state index contributed by atoms with van der Waals surface area (Å²) in [6.07, 6.45) is 2.93. The van der Waals surface area contributed by atoms with E-state index in [4.69, 9.17) is 21.7 Å². The van der Waals surface area contributed by atoms with Crippen molar-refractivity contribution in [1.82, 2.24) is 0 Å². The lowest BCUT2D eigenvalue weighted by Crippen LogP contribution is -2.05. The zero-order chi connectivity index (χ0) is 10.8. The molecule has 0 aromatic rings. The predicted octanol–water partition coefficient (Wildman–Crippen LogP) is 2.47. The summed E-state index contributed by atoms with van der Waals surface area (Å²) >= 11 is 4.95. The van der Waals surface area contributed by atoms with Crippen LogP contribution in [-0.2, 0) is 14.3 Å². The van der Waals surface area contributed by atoms with E-state index in [0.717, 1.165) is 19.3 Å². The van der Waals surface area contributed by atoms with Crippen LogP contribution in [0.2, 0.25) is 0 Å². The Morgan fingerprint density at radius 1 is 1.07 bits per heavy atom. The van der Waals surface area contributed by atoms with E-state index in [0.29, 0.717) is 24.7 Å². The molecule has 4 heteroatoms. The van der Waals surface area contributed by atoms with Crippen LogP contribution in [0.4, 0.5) is 0 Å². The van der Waals surface area contributed by atoms with Gasteiger partial charge < -0.3 is 9.47 Å². The quantitative estimate of drug-likeness (QED) is 0.373. The third-order valence-electron chi connectivity index (χ3n) is 1.62. The van der Waals surface area contributed by atoms with Crippen molar-refractivity contribution < 1.29 is 14.3 Å².